The van der Waals surface area contributed by atoms with E-state index in [1.165, 1.54) is 24.3 Å². The summed E-state index contributed by atoms with van der Waals surface area (Å²) < 4.78 is 28.6. The van der Waals surface area contributed by atoms with E-state index in [-0.39, 0.29) is 11.6 Å². The molecule has 0 aliphatic heterocycles. The molecule has 0 fully saturated rings. The molecule has 10 heteroatoms. The highest BCUT2D eigenvalue weighted by molar-refractivity contribution is 6.15. The Hall–Kier alpha value is -9.80. The number of aromatic nitrogens is 8. The molecule has 0 N–H and O–H groups in total. The summed E-state index contributed by atoms with van der Waals surface area (Å²) in [6.07, 6.45) is 14.4. The van der Waals surface area contributed by atoms with Crippen LogP contribution in [0.3, 0.4) is 0 Å². The van der Waals surface area contributed by atoms with Gasteiger partial charge in [0.05, 0.1) is 44.8 Å². The summed E-state index contributed by atoms with van der Waals surface area (Å²) in [6, 6.07) is 53.6. The molecule has 13 aromatic rings. The number of nitrogens with zero attached hydrogens (tertiary/aromatic N) is 8. The van der Waals surface area contributed by atoms with Crippen LogP contribution in [-0.4, -0.2) is 39.9 Å². The van der Waals surface area contributed by atoms with E-state index in [4.69, 9.17) is 19.9 Å². The second-order valence-electron chi connectivity index (χ2n) is 17.5. The minimum atomic E-state index is -0.324. The maximum absolute atomic E-state index is 14.3. The van der Waals surface area contributed by atoms with Crippen LogP contribution >= 0.6 is 0 Å². The molecular formula is C62H36F2N8. The van der Waals surface area contributed by atoms with Gasteiger partial charge in [-0.05, 0) is 125 Å². The smallest absolute Gasteiger partial charge is 0.123 e. The molecule has 72 heavy (non-hydrogen) atoms. The summed E-state index contributed by atoms with van der Waals surface area (Å²) in [5.41, 5.74) is 16.3. The van der Waals surface area contributed by atoms with Crippen LogP contribution in [0.5, 0.6) is 0 Å². The van der Waals surface area contributed by atoms with Crippen LogP contribution in [0, 0.1) is 11.6 Å². The Morgan fingerprint density at radius 2 is 0.528 bits per heavy atom. The molecule has 0 atom stereocenters. The van der Waals surface area contributed by atoms with Crippen LogP contribution < -0.4 is 0 Å². The predicted molar refractivity (Wildman–Crippen MR) is 282 cm³/mol. The van der Waals surface area contributed by atoms with Crippen molar-refractivity contribution in [2.45, 2.75) is 0 Å². The van der Waals surface area contributed by atoms with Crippen molar-refractivity contribution in [1.82, 2.24) is 39.9 Å². The van der Waals surface area contributed by atoms with Gasteiger partial charge in [-0.3, -0.25) is 19.9 Å². The van der Waals surface area contributed by atoms with Crippen molar-refractivity contribution in [2.75, 3.05) is 0 Å². The van der Waals surface area contributed by atoms with Crippen LogP contribution in [0.15, 0.2) is 219 Å². The van der Waals surface area contributed by atoms with Crippen LogP contribution in [0.4, 0.5) is 8.78 Å². The number of fused-ring (bicyclic) bond motifs is 6. The van der Waals surface area contributed by atoms with Crippen molar-refractivity contribution < 1.29 is 8.78 Å². The molecule has 0 bridgehead atoms. The van der Waals surface area contributed by atoms with E-state index in [1.54, 1.807) is 49.1 Å². The maximum Gasteiger partial charge on any atom is 0.123 e. The lowest BCUT2D eigenvalue weighted by molar-refractivity contribution is 0.627. The fourth-order valence-corrected chi connectivity index (χ4v) is 9.66. The highest BCUT2D eigenvalue weighted by atomic mass is 19.1. The van der Waals surface area contributed by atoms with Gasteiger partial charge in [0.1, 0.15) is 11.6 Å². The highest BCUT2D eigenvalue weighted by Gasteiger charge is 2.21. The normalized spacial score (nSPS) is 11.5. The van der Waals surface area contributed by atoms with Crippen molar-refractivity contribution in [1.29, 1.82) is 0 Å². The van der Waals surface area contributed by atoms with Crippen molar-refractivity contribution in [2.24, 2.45) is 0 Å². The van der Waals surface area contributed by atoms with Gasteiger partial charge in [-0.15, -0.1) is 0 Å². The van der Waals surface area contributed by atoms with E-state index in [9.17, 15) is 8.78 Å². The third-order valence-corrected chi connectivity index (χ3v) is 13.1. The highest BCUT2D eigenvalue weighted by Crippen LogP contribution is 2.42. The number of pyridine rings is 8. The van der Waals surface area contributed by atoms with E-state index in [1.807, 2.05) is 91.5 Å². The fourth-order valence-electron chi connectivity index (χ4n) is 9.66. The molecule has 5 aromatic carbocycles. The summed E-state index contributed by atoms with van der Waals surface area (Å²) in [6.45, 7) is 0. The summed E-state index contributed by atoms with van der Waals surface area (Å²) >= 11 is 0. The molecular weight excluding hydrogens is 895 g/mol. The quantitative estimate of drug-likeness (QED) is 0.139. The van der Waals surface area contributed by atoms with Gasteiger partial charge in [0.15, 0.2) is 0 Å². The van der Waals surface area contributed by atoms with Crippen molar-refractivity contribution in [3.05, 3.63) is 231 Å². The Kier molecular flexibility index (Phi) is 10.4. The SMILES string of the molecule is Fc1ccc(-c2cc(-c3cccnc3)c3ccc4c(-c5cccnc5)cc(-c5cccc(-c6cc(-c7cccnc7)c7ccc8c(-c9cccnc9)cc(-c9ccc(F)cc9)nc8c7n6)c5)nc4c3n2)cc1. The molecule has 0 aliphatic carbocycles. The molecule has 0 aliphatic rings. The van der Waals surface area contributed by atoms with E-state index in [2.05, 4.69) is 74.5 Å². The molecule has 8 heterocycles. The van der Waals surface area contributed by atoms with Crippen LogP contribution in [0.25, 0.3) is 133 Å². The molecule has 8 nitrogen and oxygen atoms in total. The molecule has 8 aromatic heterocycles. The zero-order valence-electron chi connectivity index (χ0n) is 38.1. The molecule has 0 saturated carbocycles. The maximum atomic E-state index is 14.3. The first-order valence-corrected chi connectivity index (χ1v) is 23.3. The monoisotopic (exact) mass is 930 g/mol. The third-order valence-electron chi connectivity index (χ3n) is 13.1. The largest absolute Gasteiger partial charge is 0.264 e. The number of rotatable bonds is 8. The van der Waals surface area contributed by atoms with Gasteiger partial charge in [-0.1, -0.05) is 66.7 Å². The van der Waals surface area contributed by atoms with Crippen molar-refractivity contribution in [3.8, 4) is 89.5 Å². The Bertz CT molecular complexity index is 3930. The summed E-state index contributed by atoms with van der Waals surface area (Å²) in [7, 11) is 0. The third kappa shape index (κ3) is 7.64. The average molecular weight is 931 g/mol. The summed E-state index contributed by atoms with van der Waals surface area (Å²) in [4.78, 5) is 39.6. The molecule has 0 radical (unpaired) electrons. The van der Waals surface area contributed by atoms with E-state index in [0.717, 1.165) is 99.7 Å². The molecule has 0 unspecified atom stereocenters. The minimum absolute atomic E-state index is 0.324. The lowest BCUT2D eigenvalue weighted by Crippen LogP contribution is -1.97. The van der Waals surface area contributed by atoms with Crippen LogP contribution in [0.2, 0.25) is 0 Å². The Balaban J connectivity index is 1.05. The molecule has 0 amide bonds. The first-order chi connectivity index (χ1) is 35.5. The first-order valence-electron chi connectivity index (χ1n) is 23.3. The van der Waals surface area contributed by atoms with E-state index < -0.39 is 0 Å². The lowest BCUT2D eigenvalue weighted by atomic mass is 9.93. The number of hydrogen-bond donors (Lipinski definition) is 0. The average Bonchev–Trinajstić information content (AvgIpc) is 3.45. The summed E-state index contributed by atoms with van der Waals surface area (Å²) in [5.74, 6) is -0.648. The number of benzene rings is 5. The topological polar surface area (TPSA) is 103 Å². The fraction of sp³-hybridized carbons (Fsp3) is 0. The minimum Gasteiger partial charge on any atom is -0.264 e. The van der Waals surface area contributed by atoms with Gasteiger partial charge in [0, 0.05) is 116 Å². The van der Waals surface area contributed by atoms with Gasteiger partial charge in [0.2, 0.25) is 0 Å². The Morgan fingerprint density at radius 1 is 0.250 bits per heavy atom. The van der Waals surface area contributed by atoms with Crippen LogP contribution in [0.1, 0.15) is 0 Å². The Labute approximate surface area is 411 Å². The van der Waals surface area contributed by atoms with E-state index >= 15 is 0 Å². The molecule has 0 spiro atoms. The van der Waals surface area contributed by atoms with Crippen molar-refractivity contribution in [3.63, 3.8) is 0 Å². The summed E-state index contributed by atoms with van der Waals surface area (Å²) in [5, 5.41) is 3.60. The zero-order valence-corrected chi connectivity index (χ0v) is 38.1. The Morgan fingerprint density at radius 3 is 0.806 bits per heavy atom. The second-order valence-corrected chi connectivity index (χ2v) is 17.5. The number of halogens is 2. The number of hydrogen-bond acceptors (Lipinski definition) is 8. The van der Waals surface area contributed by atoms with Crippen LogP contribution in [-0.2, 0) is 0 Å². The van der Waals surface area contributed by atoms with Gasteiger partial charge in [-0.2, -0.15) is 0 Å². The standard InChI is InChI=1S/C62H36F2N8/c63-45-16-12-37(13-17-45)55-29-51(41-8-2-24-65-33-41)47-20-22-49-53(43-10-4-26-67-35-43)31-57(71-61(49)59(47)69-55)39-6-1-7-40(28-39)58-32-54(44-11-5-27-68-36-44)50-23-21-48-52(42-9-3-25-66-34-42)30-56(70-60(48)62(50)72-58)38-14-18-46(64)19-15-38/h1-36H. The predicted octanol–water partition coefficient (Wildman–Crippen LogP) is 15.1. The zero-order chi connectivity index (χ0) is 48.1. The first kappa shape index (κ1) is 42.3. The van der Waals surface area contributed by atoms with Gasteiger partial charge in [0.25, 0.3) is 0 Å². The van der Waals surface area contributed by atoms with Gasteiger partial charge in [-0.25, -0.2) is 28.7 Å². The second kappa shape index (κ2) is 17.6. The molecule has 0 saturated heterocycles. The lowest BCUT2D eigenvalue weighted by Gasteiger charge is -2.16. The molecule has 13 rings (SSSR count). The van der Waals surface area contributed by atoms with Crippen molar-refractivity contribution >= 4 is 43.6 Å². The van der Waals surface area contributed by atoms with Gasteiger partial charge < -0.3 is 0 Å². The molecule has 338 valence electrons. The van der Waals surface area contributed by atoms with Gasteiger partial charge >= 0.3 is 0 Å². The van der Waals surface area contributed by atoms with E-state index in [0.29, 0.717) is 33.5 Å².